The molecule has 0 fully saturated rings. The van der Waals surface area contributed by atoms with Crippen molar-refractivity contribution in [2.75, 3.05) is 33.5 Å². The zero-order chi connectivity index (χ0) is 16.0. The predicted molar refractivity (Wildman–Crippen MR) is 81.1 cm³/mol. The number of hydrogen-bond acceptors (Lipinski definition) is 5. The molecular formula is C16H21NO5. The molecule has 0 saturated carbocycles. The van der Waals surface area contributed by atoms with Crippen LogP contribution in [0.25, 0.3) is 0 Å². The third-order valence-corrected chi connectivity index (χ3v) is 2.58. The summed E-state index contributed by atoms with van der Waals surface area (Å²) in [5.74, 6) is -0.928. The van der Waals surface area contributed by atoms with Gasteiger partial charge in [0.1, 0.15) is 6.61 Å². The van der Waals surface area contributed by atoms with Crippen molar-refractivity contribution in [1.29, 1.82) is 0 Å². The monoisotopic (exact) mass is 307 g/mol. The third-order valence-electron chi connectivity index (χ3n) is 2.58. The van der Waals surface area contributed by atoms with E-state index in [0.29, 0.717) is 26.4 Å². The van der Waals surface area contributed by atoms with E-state index >= 15 is 0 Å². The first-order chi connectivity index (χ1) is 10.7. The van der Waals surface area contributed by atoms with Gasteiger partial charge in [-0.05, 0) is 5.56 Å². The molecule has 1 aromatic carbocycles. The lowest BCUT2D eigenvalue weighted by Gasteiger charge is -2.04. The second-order valence-corrected chi connectivity index (χ2v) is 4.31. The van der Waals surface area contributed by atoms with Crippen molar-refractivity contribution in [2.24, 2.45) is 0 Å². The average molecular weight is 307 g/mol. The molecule has 0 heterocycles. The molecule has 0 aliphatic heterocycles. The fourth-order valence-corrected chi connectivity index (χ4v) is 1.48. The summed E-state index contributed by atoms with van der Waals surface area (Å²) in [7, 11) is 1.58. The van der Waals surface area contributed by atoms with Gasteiger partial charge in [-0.25, -0.2) is 4.79 Å². The van der Waals surface area contributed by atoms with Crippen molar-refractivity contribution in [1.82, 2.24) is 5.32 Å². The highest BCUT2D eigenvalue weighted by atomic mass is 16.6. The van der Waals surface area contributed by atoms with Crippen LogP contribution in [-0.4, -0.2) is 45.4 Å². The molecule has 0 atom stereocenters. The van der Waals surface area contributed by atoms with Gasteiger partial charge < -0.3 is 19.5 Å². The number of rotatable bonds is 10. The van der Waals surface area contributed by atoms with Crippen LogP contribution in [0.5, 0.6) is 0 Å². The molecule has 0 aromatic heterocycles. The van der Waals surface area contributed by atoms with E-state index in [0.717, 1.165) is 17.7 Å². The number of ether oxygens (including phenoxy) is 3. The highest BCUT2D eigenvalue weighted by molar-refractivity contribution is 5.94. The van der Waals surface area contributed by atoms with E-state index in [1.807, 2.05) is 30.3 Å². The first kappa shape index (κ1) is 17.9. The zero-order valence-corrected chi connectivity index (χ0v) is 12.6. The number of hydrogen-bond donors (Lipinski definition) is 1. The minimum atomic E-state index is -0.579. The topological polar surface area (TPSA) is 73.9 Å². The highest BCUT2D eigenvalue weighted by Crippen LogP contribution is 1.97. The van der Waals surface area contributed by atoms with E-state index in [1.54, 1.807) is 7.11 Å². The molecule has 1 N–H and O–H groups in total. The van der Waals surface area contributed by atoms with Crippen LogP contribution in [0.2, 0.25) is 0 Å². The van der Waals surface area contributed by atoms with Crippen molar-refractivity contribution < 1.29 is 23.8 Å². The van der Waals surface area contributed by atoms with Crippen LogP contribution in [0.15, 0.2) is 42.5 Å². The van der Waals surface area contributed by atoms with Crippen molar-refractivity contribution in [2.45, 2.75) is 6.54 Å². The summed E-state index contributed by atoms with van der Waals surface area (Å²) < 4.78 is 14.8. The summed E-state index contributed by atoms with van der Waals surface area (Å²) in [4.78, 5) is 22.9. The maximum Gasteiger partial charge on any atom is 0.331 e. The Morgan fingerprint density at radius 3 is 2.50 bits per heavy atom. The van der Waals surface area contributed by atoms with Gasteiger partial charge in [0, 0.05) is 25.8 Å². The van der Waals surface area contributed by atoms with Crippen molar-refractivity contribution >= 4 is 11.9 Å². The van der Waals surface area contributed by atoms with Gasteiger partial charge in [0.05, 0.1) is 19.8 Å². The Labute approximate surface area is 130 Å². The van der Waals surface area contributed by atoms with E-state index in [1.165, 1.54) is 0 Å². The van der Waals surface area contributed by atoms with Gasteiger partial charge in [-0.15, -0.1) is 0 Å². The van der Waals surface area contributed by atoms with Crippen LogP contribution in [0, 0.1) is 0 Å². The number of amides is 1. The van der Waals surface area contributed by atoms with Crippen LogP contribution < -0.4 is 5.32 Å². The first-order valence-corrected chi connectivity index (χ1v) is 6.95. The van der Waals surface area contributed by atoms with Gasteiger partial charge in [-0.1, -0.05) is 30.3 Å². The Morgan fingerprint density at radius 2 is 1.77 bits per heavy atom. The second kappa shape index (κ2) is 11.5. The van der Waals surface area contributed by atoms with E-state index in [9.17, 15) is 9.59 Å². The number of methoxy groups -OCH3 is 1. The van der Waals surface area contributed by atoms with E-state index in [4.69, 9.17) is 14.2 Å². The minimum absolute atomic E-state index is 0.137. The number of nitrogens with one attached hydrogen (secondary N) is 1. The van der Waals surface area contributed by atoms with Gasteiger partial charge in [0.15, 0.2) is 0 Å². The normalized spacial score (nSPS) is 10.6. The molecule has 120 valence electrons. The fraction of sp³-hybridized carbons (Fsp3) is 0.375. The van der Waals surface area contributed by atoms with E-state index < -0.39 is 5.97 Å². The van der Waals surface area contributed by atoms with Crippen LogP contribution in [-0.2, 0) is 30.3 Å². The lowest BCUT2D eigenvalue weighted by molar-refractivity contribution is -0.139. The van der Waals surface area contributed by atoms with Crippen molar-refractivity contribution in [3.8, 4) is 0 Å². The maximum atomic E-state index is 11.5. The molecule has 22 heavy (non-hydrogen) atoms. The molecule has 1 amide bonds. The van der Waals surface area contributed by atoms with Gasteiger partial charge >= 0.3 is 5.97 Å². The lowest BCUT2D eigenvalue weighted by atomic mass is 10.2. The molecule has 6 heteroatoms. The average Bonchev–Trinajstić information content (AvgIpc) is 2.55. The smallest absolute Gasteiger partial charge is 0.331 e. The Morgan fingerprint density at radius 1 is 1.05 bits per heavy atom. The largest absolute Gasteiger partial charge is 0.460 e. The van der Waals surface area contributed by atoms with Crippen LogP contribution in [0.1, 0.15) is 5.56 Å². The molecule has 6 nitrogen and oxygen atoms in total. The summed E-state index contributed by atoms with van der Waals surface area (Å²) in [6, 6.07) is 9.50. The molecule has 0 unspecified atom stereocenters. The van der Waals surface area contributed by atoms with Gasteiger partial charge in [-0.3, -0.25) is 4.79 Å². The van der Waals surface area contributed by atoms with Crippen LogP contribution in [0.4, 0.5) is 0 Å². The number of carbonyl (C=O) groups is 2. The maximum absolute atomic E-state index is 11.5. The Kier molecular flexibility index (Phi) is 9.32. The Bertz CT molecular complexity index is 473. The molecule has 1 aromatic rings. The molecule has 0 spiro atoms. The number of esters is 1. The van der Waals surface area contributed by atoms with Crippen molar-refractivity contribution in [3.05, 3.63) is 48.0 Å². The Balaban J connectivity index is 2.12. The summed E-state index contributed by atoms with van der Waals surface area (Å²) in [5.41, 5.74) is 0.986. The SMILES string of the molecule is COCCOCCOC(=O)/C=C/C(=O)NCc1ccccc1. The zero-order valence-electron chi connectivity index (χ0n) is 12.6. The van der Waals surface area contributed by atoms with Crippen molar-refractivity contribution in [3.63, 3.8) is 0 Å². The molecule has 0 saturated heterocycles. The lowest BCUT2D eigenvalue weighted by Crippen LogP contribution is -2.20. The summed E-state index contributed by atoms with van der Waals surface area (Å²) in [5, 5.41) is 2.67. The first-order valence-electron chi connectivity index (χ1n) is 6.95. The molecular weight excluding hydrogens is 286 g/mol. The summed E-state index contributed by atoms with van der Waals surface area (Å²) in [6.07, 6.45) is 2.24. The number of benzene rings is 1. The van der Waals surface area contributed by atoms with E-state index in [2.05, 4.69) is 5.32 Å². The molecule has 1 rings (SSSR count). The molecule has 0 aliphatic carbocycles. The predicted octanol–water partition coefficient (Wildman–Crippen LogP) is 1.07. The molecule has 0 aliphatic rings. The van der Waals surface area contributed by atoms with Gasteiger partial charge in [-0.2, -0.15) is 0 Å². The summed E-state index contributed by atoms with van der Waals surface area (Å²) in [6.45, 7) is 1.79. The summed E-state index contributed by atoms with van der Waals surface area (Å²) >= 11 is 0. The third kappa shape index (κ3) is 8.89. The molecule has 0 bridgehead atoms. The minimum Gasteiger partial charge on any atom is -0.460 e. The van der Waals surface area contributed by atoms with Crippen LogP contribution in [0.3, 0.4) is 0 Å². The van der Waals surface area contributed by atoms with Gasteiger partial charge in [0.2, 0.25) is 5.91 Å². The fourth-order valence-electron chi connectivity index (χ4n) is 1.48. The van der Waals surface area contributed by atoms with E-state index in [-0.39, 0.29) is 12.5 Å². The second-order valence-electron chi connectivity index (χ2n) is 4.31. The Hall–Kier alpha value is -2.18. The highest BCUT2D eigenvalue weighted by Gasteiger charge is 2.00. The standard InChI is InChI=1S/C16H21NO5/c1-20-9-10-21-11-12-22-16(19)8-7-15(18)17-13-14-5-3-2-4-6-14/h2-8H,9-13H2,1H3,(H,17,18)/b8-7+. The number of carbonyl (C=O) groups excluding carboxylic acids is 2. The molecule has 0 radical (unpaired) electrons. The van der Waals surface area contributed by atoms with Crippen LogP contribution >= 0.6 is 0 Å². The quantitative estimate of drug-likeness (QED) is 0.397. The van der Waals surface area contributed by atoms with Gasteiger partial charge in [0.25, 0.3) is 0 Å².